The van der Waals surface area contributed by atoms with E-state index in [1.165, 1.54) is 18.2 Å². The zero-order chi connectivity index (χ0) is 25.2. The Balaban J connectivity index is 1.71. The summed E-state index contributed by atoms with van der Waals surface area (Å²) in [6.45, 7) is 1.35. The number of rotatable bonds is 5. The van der Waals surface area contributed by atoms with Gasteiger partial charge in [0, 0.05) is 48.7 Å². The van der Waals surface area contributed by atoms with Gasteiger partial charge >= 0.3 is 0 Å². The lowest BCUT2D eigenvalue weighted by atomic mass is 9.85. The van der Waals surface area contributed by atoms with Gasteiger partial charge in [0.05, 0.1) is 0 Å². The van der Waals surface area contributed by atoms with Gasteiger partial charge in [-0.3, -0.25) is 9.59 Å². The van der Waals surface area contributed by atoms with Gasteiger partial charge in [-0.05, 0) is 37.0 Å². The molecule has 4 aromatic rings. The molecule has 5 rings (SSSR count). The van der Waals surface area contributed by atoms with Crippen LogP contribution in [0.15, 0.2) is 75.9 Å². The van der Waals surface area contributed by atoms with E-state index in [0.717, 1.165) is 25.3 Å². The fourth-order valence-electron chi connectivity index (χ4n) is 4.94. The first-order valence-electron chi connectivity index (χ1n) is 12.1. The minimum atomic E-state index is -0.683. The minimum absolute atomic E-state index is 0.0253. The van der Waals surface area contributed by atoms with Gasteiger partial charge in [-0.15, -0.1) is 0 Å². The van der Waals surface area contributed by atoms with Crippen molar-refractivity contribution in [1.29, 1.82) is 0 Å². The number of carbonyl (C=O) groups is 1. The number of phenolic OH excluding ortho intramolecular Hbond substituents is 3. The molecule has 1 aromatic heterocycles. The number of hydrogen-bond acceptors (Lipinski definition) is 6. The van der Waals surface area contributed by atoms with Crippen molar-refractivity contribution < 1.29 is 24.5 Å². The fourth-order valence-corrected chi connectivity index (χ4v) is 4.94. The topological polar surface area (TPSA) is 111 Å². The van der Waals surface area contributed by atoms with Gasteiger partial charge in [0.15, 0.2) is 5.43 Å². The molecule has 1 aliphatic rings. The summed E-state index contributed by atoms with van der Waals surface area (Å²) in [7, 11) is 0. The van der Waals surface area contributed by atoms with Gasteiger partial charge < -0.3 is 24.6 Å². The van der Waals surface area contributed by atoms with E-state index in [1.54, 1.807) is 24.3 Å². The standard InChI is InChI=1S/C29H27NO6/c31-20-11-9-18(10-12-20)21(15-26(35)30-13-5-2-6-14-30)27-22(32)16-23(33)28-24(34)17-25(36-29(27)28)19-7-3-1-4-8-19/h1,3-4,7-12,16-17,21,31-33H,2,5-6,13-15H2/t21-/m0/s1. The second kappa shape index (κ2) is 9.77. The number of phenols is 3. The first-order valence-corrected chi connectivity index (χ1v) is 12.1. The third-order valence-electron chi connectivity index (χ3n) is 6.79. The molecular formula is C29H27NO6. The summed E-state index contributed by atoms with van der Waals surface area (Å²) >= 11 is 0. The molecule has 1 atom stereocenters. The Morgan fingerprint density at radius 1 is 0.889 bits per heavy atom. The average Bonchev–Trinajstić information content (AvgIpc) is 2.89. The molecule has 7 nitrogen and oxygen atoms in total. The number of carbonyl (C=O) groups excluding carboxylic acids is 1. The molecule has 7 heteroatoms. The van der Waals surface area contributed by atoms with Crippen LogP contribution in [0.4, 0.5) is 0 Å². The highest BCUT2D eigenvalue weighted by atomic mass is 16.3. The van der Waals surface area contributed by atoms with E-state index in [2.05, 4.69) is 0 Å². The third-order valence-corrected chi connectivity index (χ3v) is 6.79. The number of hydrogen-bond donors (Lipinski definition) is 3. The van der Waals surface area contributed by atoms with Gasteiger partial charge in [0.1, 0.15) is 34.0 Å². The first kappa shape index (κ1) is 23.5. The normalized spacial score (nSPS) is 14.6. The number of amides is 1. The molecule has 184 valence electrons. The monoisotopic (exact) mass is 485 g/mol. The van der Waals surface area contributed by atoms with Crippen LogP contribution in [0.3, 0.4) is 0 Å². The molecule has 0 bridgehead atoms. The van der Waals surface area contributed by atoms with E-state index in [-0.39, 0.29) is 46.1 Å². The maximum Gasteiger partial charge on any atom is 0.223 e. The second-order valence-corrected chi connectivity index (χ2v) is 9.16. The van der Waals surface area contributed by atoms with Crippen molar-refractivity contribution in [2.24, 2.45) is 0 Å². The van der Waals surface area contributed by atoms with Crippen molar-refractivity contribution in [3.8, 4) is 28.6 Å². The van der Waals surface area contributed by atoms with Gasteiger partial charge in [-0.2, -0.15) is 0 Å². The first-order chi connectivity index (χ1) is 17.4. The molecule has 0 aliphatic carbocycles. The average molecular weight is 486 g/mol. The lowest BCUT2D eigenvalue weighted by molar-refractivity contribution is -0.132. The summed E-state index contributed by atoms with van der Waals surface area (Å²) in [6, 6.07) is 17.9. The molecule has 1 saturated heterocycles. The van der Waals surface area contributed by atoms with Crippen LogP contribution in [0.1, 0.15) is 42.7 Å². The Bertz CT molecular complexity index is 1450. The molecule has 0 spiro atoms. The lowest BCUT2D eigenvalue weighted by Gasteiger charge is -2.29. The van der Waals surface area contributed by atoms with E-state index in [0.29, 0.717) is 24.2 Å². The van der Waals surface area contributed by atoms with Crippen LogP contribution in [0.25, 0.3) is 22.3 Å². The minimum Gasteiger partial charge on any atom is -0.508 e. The van der Waals surface area contributed by atoms with Gasteiger partial charge in [0.2, 0.25) is 5.91 Å². The summed E-state index contributed by atoms with van der Waals surface area (Å²) < 4.78 is 6.18. The predicted octanol–water partition coefficient (Wildman–Crippen LogP) is 5.11. The van der Waals surface area contributed by atoms with Crippen molar-refractivity contribution in [2.75, 3.05) is 13.1 Å². The molecule has 2 heterocycles. The van der Waals surface area contributed by atoms with Crippen LogP contribution in [0.2, 0.25) is 0 Å². The Morgan fingerprint density at radius 2 is 1.58 bits per heavy atom. The Hall–Kier alpha value is -4.26. The molecular weight excluding hydrogens is 458 g/mol. The number of nitrogens with zero attached hydrogens (tertiary/aromatic N) is 1. The smallest absolute Gasteiger partial charge is 0.223 e. The predicted molar refractivity (Wildman–Crippen MR) is 136 cm³/mol. The maximum atomic E-state index is 13.3. The van der Waals surface area contributed by atoms with Crippen LogP contribution in [0.5, 0.6) is 17.2 Å². The van der Waals surface area contributed by atoms with Crippen LogP contribution < -0.4 is 5.43 Å². The van der Waals surface area contributed by atoms with E-state index in [9.17, 15) is 24.9 Å². The van der Waals surface area contributed by atoms with Crippen LogP contribution in [-0.2, 0) is 4.79 Å². The fraction of sp³-hybridized carbons (Fsp3) is 0.241. The summed E-state index contributed by atoms with van der Waals surface area (Å²) in [5, 5.41) is 31.4. The number of benzene rings is 3. The highest BCUT2D eigenvalue weighted by Crippen LogP contribution is 2.43. The lowest BCUT2D eigenvalue weighted by Crippen LogP contribution is -2.36. The van der Waals surface area contributed by atoms with Crippen molar-refractivity contribution in [2.45, 2.75) is 31.6 Å². The summed E-state index contributed by atoms with van der Waals surface area (Å²) in [5.74, 6) is -1.08. The summed E-state index contributed by atoms with van der Waals surface area (Å²) in [4.78, 5) is 28.3. The maximum absolute atomic E-state index is 13.3. The second-order valence-electron chi connectivity index (χ2n) is 9.16. The van der Waals surface area contributed by atoms with E-state index < -0.39 is 17.1 Å². The Kier molecular flexibility index (Phi) is 6.38. The molecule has 36 heavy (non-hydrogen) atoms. The molecule has 1 aliphatic heterocycles. The van der Waals surface area contributed by atoms with Crippen molar-refractivity contribution >= 4 is 16.9 Å². The van der Waals surface area contributed by atoms with E-state index >= 15 is 0 Å². The zero-order valence-corrected chi connectivity index (χ0v) is 19.7. The van der Waals surface area contributed by atoms with Gasteiger partial charge in [0.25, 0.3) is 0 Å². The molecule has 3 aromatic carbocycles. The molecule has 1 amide bonds. The van der Waals surface area contributed by atoms with Crippen molar-refractivity contribution in [3.63, 3.8) is 0 Å². The molecule has 0 radical (unpaired) electrons. The number of piperidine rings is 1. The van der Waals surface area contributed by atoms with Crippen LogP contribution in [-0.4, -0.2) is 39.2 Å². The summed E-state index contributed by atoms with van der Waals surface area (Å²) in [6.07, 6.45) is 3.00. The zero-order valence-electron chi connectivity index (χ0n) is 19.7. The molecule has 0 saturated carbocycles. The van der Waals surface area contributed by atoms with Gasteiger partial charge in [-0.25, -0.2) is 0 Å². The molecule has 0 unspecified atom stereocenters. The number of likely N-dealkylation sites (tertiary alicyclic amines) is 1. The quantitative estimate of drug-likeness (QED) is 0.362. The van der Waals surface area contributed by atoms with Crippen LogP contribution >= 0.6 is 0 Å². The third kappa shape index (κ3) is 4.52. The van der Waals surface area contributed by atoms with Crippen molar-refractivity contribution in [1.82, 2.24) is 4.90 Å². The van der Waals surface area contributed by atoms with Crippen molar-refractivity contribution in [3.05, 3.63) is 88.1 Å². The van der Waals surface area contributed by atoms with E-state index in [1.807, 2.05) is 23.1 Å². The Labute approximate surface area is 207 Å². The SMILES string of the molecule is O=C(C[C@@H](c1ccc(O)cc1)c1c(O)cc(O)c2c(=O)cc(-c3ccccc3)oc12)N1CCCCC1. The number of aromatic hydroxyl groups is 3. The highest BCUT2D eigenvalue weighted by molar-refractivity contribution is 5.91. The summed E-state index contributed by atoms with van der Waals surface area (Å²) in [5.41, 5.74) is 1.14. The Morgan fingerprint density at radius 3 is 2.28 bits per heavy atom. The number of fused-ring (bicyclic) bond motifs is 1. The molecule has 3 N–H and O–H groups in total. The largest absolute Gasteiger partial charge is 0.508 e. The molecule has 1 fully saturated rings. The van der Waals surface area contributed by atoms with E-state index in [4.69, 9.17) is 4.42 Å². The van der Waals surface area contributed by atoms with Crippen LogP contribution in [0, 0.1) is 0 Å². The van der Waals surface area contributed by atoms with Gasteiger partial charge in [-0.1, -0.05) is 42.5 Å². The highest BCUT2D eigenvalue weighted by Gasteiger charge is 2.30.